The smallest absolute Gasteiger partial charge is 0.303 e. The third-order valence-electron chi connectivity index (χ3n) is 4.65. The number of carbonyl (C=O) groups is 1. The number of carboxylic acids is 1. The molecule has 1 heterocycles. The zero-order valence-corrected chi connectivity index (χ0v) is 12.1. The molecule has 2 aliphatic rings. The number of likely N-dealkylation sites (tertiary alicyclic amines) is 1. The Morgan fingerprint density at radius 3 is 2.63 bits per heavy atom. The Morgan fingerprint density at radius 2 is 2.00 bits per heavy atom. The predicted molar refractivity (Wildman–Crippen MR) is 76.3 cm³/mol. The Hall–Kier alpha value is -0.610. The second-order valence-electron chi connectivity index (χ2n) is 6.23. The van der Waals surface area contributed by atoms with Crippen molar-refractivity contribution in [1.82, 2.24) is 10.2 Å². The molecule has 2 N–H and O–H groups in total. The molecule has 2 fully saturated rings. The van der Waals surface area contributed by atoms with Crippen LogP contribution >= 0.6 is 0 Å². The van der Waals surface area contributed by atoms with Crippen LogP contribution in [0.4, 0.5) is 0 Å². The van der Waals surface area contributed by atoms with Gasteiger partial charge in [-0.1, -0.05) is 19.8 Å². The van der Waals surface area contributed by atoms with Crippen molar-refractivity contribution < 1.29 is 9.90 Å². The van der Waals surface area contributed by atoms with Crippen LogP contribution in [0, 0.1) is 5.92 Å². The molecule has 0 bridgehead atoms. The van der Waals surface area contributed by atoms with Crippen LogP contribution in [0.5, 0.6) is 0 Å². The number of likely N-dealkylation sites (N-methyl/N-ethyl adjacent to an activating group) is 1. The molecule has 110 valence electrons. The van der Waals surface area contributed by atoms with E-state index in [2.05, 4.69) is 17.1 Å². The fourth-order valence-electron chi connectivity index (χ4n) is 3.64. The minimum Gasteiger partial charge on any atom is -0.481 e. The average molecular weight is 268 g/mol. The minimum absolute atomic E-state index is 0.318. The summed E-state index contributed by atoms with van der Waals surface area (Å²) in [4.78, 5) is 13.2. The maximum absolute atomic E-state index is 10.7. The monoisotopic (exact) mass is 268 g/mol. The summed E-state index contributed by atoms with van der Waals surface area (Å²) < 4.78 is 0. The molecule has 0 aromatic rings. The van der Waals surface area contributed by atoms with Gasteiger partial charge >= 0.3 is 5.97 Å². The molecule has 19 heavy (non-hydrogen) atoms. The first kappa shape index (κ1) is 14.8. The highest BCUT2D eigenvalue weighted by molar-refractivity contribution is 5.66. The molecule has 0 spiro atoms. The lowest BCUT2D eigenvalue weighted by Gasteiger charge is -2.38. The quantitative estimate of drug-likeness (QED) is 0.774. The van der Waals surface area contributed by atoms with Crippen LogP contribution in [0.15, 0.2) is 0 Å². The van der Waals surface area contributed by atoms with Crippen molar-refractivity contribution in [3.05, 3.63) is 0 Å². The summed E-state index contributed by atoms with van der Waals surface area (Å²) in [6.45, 7) is 5.49. The molecule has 2 atom stereocenters. The van der Waals surface area contributed by atoms with Crippen LogP contribution in [0.25, 0.3) is 0 Å². The number of carboxylic acid groups (broad SMARTS) is 1. The molecule has 1 aliphatic heterocycles. The maximum atomic E-state index is 10.7. The number of aliphatic carboxylic acids is 1. The van der Waals surface area contributed by atoms with Crippen molar-refractivity contribution in [2.45, 2.75) is 64.0 Å². The van der Waals surface area contributed by atoms with Gasteiger partial charge in [0.25, 0.3) is 0 Å². The molecule has 1 saturated carbocycles. The molecule has 0 amide bonds. The number of nitrogens with zero attached hydrogens (tertiary/aromatic N) is 1. The van der Waals surface area contributed by atoms with Crippen LogP contribution in [-0.2, 0) is 4.79 Å². The second-order valence-corrected chi connectivity index (χ2v) is 6.23. The molecule has 0 aromatic heterocycles. The third kappa shape index (κ3) is 4.77. The first-order chi connectivity index (χ1) is 9.17. The second kappa shape index (κ2) is 7.25. The molecule has 4 nitrogen and oxygen atoms in total. The van der Waals surface area contributed by atoms with Crippen LogP contribution < -0.4 is 5.32 Å². The van der Waals surface area contributed by atoms with Gasteiger partial charge in [0.2, 0.25) is 0 Å². The zero-order chi connectivity index (χ0) is 13.7. The molecule has 1 saturated heterocycles. The fourth-order valence-corrected chi connectivity index (χ4v) is 3.64. The standard InChI is InChI=1S/C15H28N2O2/c1-2-17-10-12(7-8-15(18)19)9-14(11-17)16-13-5-3-4-6-13/h12-14,16H,2-11H2,1H3,(H,18,19). The van der Waals surface area contributed by atoms with Gasteiger partial charge in [0, 0.05) is 31.6 Å². The molecule has 2 rings (SSSR count). The Kier molecular flexibility index (Phi) is 5.64. The van der Waals surface area contributed by atoms with Gasteiger partial charge < -0.3 is 15.3 Å². The van der Waals surface area contributed by atoms with Gasteiger partial charge in [-0.3, -0.25) is 4.79 Å². The maximum Gasteiger partial charge on any atom is 0.303 e. The van der Waals surface area contributed by atoms with E-state index in [1.165, 1.54) is 25.7 Å². The summed E-state index contributed by atoms with van der Waals surface area (Å²) in [5.74, 6) is -0.113. The SMILES string of the molecule is CCN1CC(CCC(=O)O)CC(NC2CCCC2)C1. The highest BCUT2D eigenvalue weighted by Crippen LogP contribution is 2.24. The summed E-state index contributed by atoms with van der Waals surface area (Å²) in [6, 6.07) is 1.28. The van der Waals surface area contributed by atoms with Crippen molar-refractivity contribution in [3.8, 4) is 0 Å². The first-order valence-electron chi connectivity index (χ1n) is 7.87. The molecular formula is C15H28N2O2. The number of hydrogen-bond acceptors (Lipinski definition) is 3. The van der Waals surface area contributed by atoms with E-state index in [0.29, 0.717) is 24.4 Å². The van der Waals surface area contributed by atoms with Crippen molar-refractivity contribution in [2.24, 2.45) is 5.92 Å². The van der Waals surface area contributed by atoms with E-state index in [1.54, 1.807) is 0 Å². The molecule has 4 heteroatoms. The highest BCUT2D eigenvalue weighted by Gasteiger charge is 2.28. The van der Waals surface area contributed by atoms with Gasteiger partial charge in [-0.05, 0) is 38.1 Å². The summed E-state index contributed by atoms with van der Waals surface area (Å²) in [7, 11) is 0. The number of nitrogens with one attached hydrogen (secondary N) is 1. The van der Waals surface area contributed by atoms with E-state index in [1.807, 2.05) is 0 Å². The summed E-state index contributed by atoms with van der Waals surface area (Å²) in [5, 5.41) is 12.6. The van der Waals surface area contributed by atoms with E-state index in [4.69, 9.17) is 5.11 Å². The molecular weight excluding hydrogens is 240 g/mol. The van der Waals surface area contributed by atoms with Crippen molar-refractivity contribution in [2.75, 3.05) is 19.6 Å². The normalized spacial score (nSPS) is 29.7. The lowest BCUT2D eigenvalue weighted by atomic mass is 9.90. The Labute approximate surface area is 116 Å². The number of hydrogen-bond donors (Lipinski definition) is 2. The van der Waals surface area contributed by atoms with Gasteiger partial charge in [0.15, 0.2) is 0 Å². The van der Waals surface area contributed by atoms with Crippen LogP contribution in [0.1, 0.15) is 51.9 Å². The molecule has 1 aliphatic carbocycles. The van der Waals surface area contributed by atoms with E-state index in [-0.39, 0.29) is 0 Å². The van der Waals surface area contributed by atoms with Crippen molar-refractivity contribution >= 4 is 5.97 Å². The molecule has 0 radical (unpaired) electrons. The predicted octanol–water partition coefficient (Wildman–Crippen LogP) is 2.09. The fraction of sp³-hybridized carbons (Fsp3) is 0.933. The molecule has 2 unspecified atom stereocenters. The van der Waals surface area contributed by atoms with E-state index >= 15 is 0 Å². The number of rotatable bonds is 6. The summed E-state index contributed by atoms with van der Waals surface area (Å²) in [5.41, 5.74) is 0. The lowest BCUT2D eigenvalue weighted by molar-refractivity contribution is -0.137. The average Bonchev–Trinajstić information content (AvgIpc) is 2.89. The van der Waals surface area contributed by atoms with Crippen LogP contribution in [0.2, 0.25) is 0 Å². The highest BCUT2D eigenvalue weighted by atomic mass is 16.4. The largest absolute Gasteiger partial charge is 0.481 e. The van der Waals surface area contributed by atoms with Gasteiger partial charge in [-0.15, -0.1) is 0 Å². The van der Waals surface area contributed by atoms with Gasteiger partial charge in [-0.2, -0.15) is 0 Å². The Balaban J connectivity index is 1.82. The van der Waals surface area contributed by atoms with E-state index < -0.39 is 5.97 Å². The lowest BCUT2D eigenvalue weighted by Crippen LogP contribution is -2.51. The van der Waals surface area contributed by atoms with Crippen LogP contribution in [-0.4, -0.2) is 47.7 Å². The first-order valence-corrected chi connectivity index (χ1v) is 7.87. The Morgan fingerprint density at radius 1 is 1.26 bits per heavy atom. The summed E-state index contributed by atoms with van der Waals surface area (Å²) >= 11 is 0. The van der Waals surface area contributed by atoms with E-state index in [9.17, 15) is 4.79 Å². The van der Waals surface area contributed by atoms with Crippen molar-refractivity contribution in [3.63, 3.8) is 0 Å². The zero-order valence-electron chi connectivity index (χ0n) is 12.1. The summed E-state index contributed by atoms with van der Waals surface area (Å²) in [6.07, 6.45) is 7.67. The van der Waals surface area contributed by atoms with E-state index in [0.717, 1.165) is 32.5 Å². The van der Waals surface area contributed by atoms with Gasteiger partial charge in [0.05, 0.1) is 0 Å². The van der Waals surface area contributed by atoms with Crippen LogP contribution in [0.3, 0.4) is 0 Å². The van der Waals surface area contributed by atoms with Crippen molar-refractivity contribution in [1.29, 1.82) is 0 Å². The van der Waals surface area contributed by atoms with Gasteiger partial charge in [0.1, 0.15) is 0 Å². The third-order valence-corrected chi connectivity index (χ3v) is 4.65. The number of piperidine rings is 1. The topological polar surface area (TPSA) is 52.6 Å². The van der Waals surface area contributed by atoms with Gasteiger partial charge in [-0.25, -0.2) is 0 Å². The Bertz CT molecular complexity index is 290. The molecule has 0 aromatic carbocycles. The minimum atomic E-state index is -0.658.